The average Bonchev–Trinajstić information content (AvgIpc) is 2.86. The van der Waals surface area contributed by atoms with Gasteiger partial charge in [0.25, 0.3) is 0 Å². The molecule has 0 aliphatic heterocycles. The normalized spacial score (nSPS) is 11.0. The van der Waals surface area contributed by atoms with Gasteiger partial charge in [-0.1, -0.05) is 11.6 Å². The van der Waals surface area contributed by atoms with Gasteiger partial charge in [0.05, 0.1) is 12.1 Å². The van der Waals surface area contributed by atoms with Crippen LogP contribution in [0, 0.1) is 0 Å². The van der Waals surface area contributed by atoms with Gasteiger partial charge in [-0.25, -0.2) is 9.78 Å². The summed E-state index contributed by atoms with van der Waals surface area (Å²) in [6, 6.07) is 6.37. The number of carbonyl (C=O) groups is 2. The molecule has 128 valence electrons. The molecule has 0 saturated carbocycles. The van der Waals surface area contributed by atoms with E-state index in [1.807, 2.05) is 20.8 Å². The molecule has 2 rings (SSSR count). The van der Waals surface area contributed by atoms with E-state index in [2.05, 4.69) is 20.9 Å². The molecule has 0 aliphatic carbocycles. The highest BCUT2D eigenvalue weighted by Crippen LogP contribution is 2.17. The molecule has 0 atom stereocenters. The zero-order valence-electron chi connectivity index (χ0n) is 13.6. The van der Waals surface area contributed by atoms with Crippen LogP contribution in [0.25, 0.3) is 0 Å². The monoisotopic (exact) mass is 366 g/mol. The lowest BCUT2D eigenvalue weighted by Gasteiger charge is -2.20. The molecule has 0 bridgehead atoms. The van der Waals surface area contributed by atoms with Crippen LogP contribution in [0.4, 0.5) is 15.6 Å². The third-order valence-electron chi connectivity index (χ3n) is 2.73. The van der Waals surface area contributed by atoms with Crippen LogP contribution >= 0.6 is 22.9 Å². The van der Waals surface area contributed by atoms with Crippen molar-refractivity contribution >= 4 is 45.7 Å². The minimum absolute atomic E-state index is 0.107. The van der Waals surface area contributed by atoms with Crippen molar-refractivity contribution in [2.45, 2.75) is 32.7 Å². The number of nitrogens with one attached hydrogen (secondary N) is 3. The maximum atomic E-state index is 11.9. The molecule has 1 aromatic heterocycles. The standard InChI is InChI=1S/C16H19ClN4O2S/c1-16(2,3)21-13(22)8-12-9-24-15(19-12)20-14(23)18-11-6-4-10(17)5-7-11/h4-7,9H,8H2,1-3H3,(H,21,22)(H2,18,19,20,23). The maximum Gasteiger partial charge on any atom is 0.325 e. The zero-order chi connectivity index (χ0) is 17.7. The number of amides is 3. The highest BCUT2D eigenvalue weighted by atomic mass is 35.5. The van der Waals surface area contributed by atoms with Gasteiger partial charge in [0.2, 0.25) is 5.91 Å². The van der Waals surface area contributed by atoms with Crippen LogP contribution in [-0.4, -0.2) is 22.5 Å². The first-order chi connectivity index (χ1) is 11.2. The number of urea groups is 1. The Bertz CT molecular complexity index is 722. The fourth-order valence-corrected chi connectivity index (χ4v) is 2.70. The summed E-state index contributed by atoms with van der Waals surface area (Å²) in [5.41, 5.74) is 0.953. The van der Waals surface area contributed by atoms with E-state index in [-0.39, 0.29) is 17.9 Å². The van der Waals surface area contributed by atoms with Gasteiger partial charge in [-0.3, -0.25) is 10.1 Å². The first kappa shape index (κ1) is 18.2. The van der Waals surface area contributed by atoms with Gasteiger partial charge in [0.15, 0.2) is 5.13 Å². The van der Waals surface area contributed by atoms with Crippen molar-refractivity contribution in [2.24, 2.45) is 0 Å². The number of hydrogen-bond donors (Lipinski definition) is 3. The molecule has 8 heteroatoms. The Labute approximate surface area is 149 Å². The van der Waals surface area contributed by atoms with E-state index in [4.69, 9.17) is 11.6 Å². The van der Waals surface area contributed by atoms with E-state index in [0.717, 1.165) is 0 Å². The van der Waals surface area contributed by atoms with Gasteiger partial charge in [0.1, 0.15) is 0 Å². The van der Waals surface area contributed by atoms with E-state index in [1.54, 1.807) is 29.6 Å². The number of carbonyl (C=O) groups excluding carboxylic acids is 2. The number of benzene rings is 1. The van der Waals surface area contributed by atoms with Crippen LogP contribution in [0.1, 0.15) is 26.5 Å². The molecular weight excluding hydrogens is 348 g/mol. The number of rotatable bonds is 4. The predicted molar refractivity (Wildman–Crippen MR) is 97.8 cm³/mol. The first-order valence-electron chi connectivity index (χ1n) is 7.30. The maximum absolute atomic E-state index is 11.9. The number of thiazole rings is 1. The van der Waals surface area contributed by atoms with Gasteiger partial charge in [-0.15, -0.1) is 11.3 Å². The van der Waals surface area contributed by atoms with E-state index >= 15 is 0 Å². The molecule has 6 nitrogen and oxygen atoms in total. The van der Waals surface area contributed by atoms with E-state index in [1.165, 1.54) is 11.3 Å². The molecule has 3 N–H and O–H groups in total. The molecule has 24 heavy (non-hydrogen) atoms. The summed E-state index contributed by atoms with van der Waals surface area (Å²) in [5.74, 6) is -0.107. The van der Waals surface area contributed by atoms with E-state index < -0.39 is 6.03 Å². The van der Waals surface area contributed by atoms with Crippen molar-refractivity contribution in [1.82, 2.24) is 10.3 Å². The smallest absolute Gasteiger partial charge is 0.325 e. The Hall–Kier alpha value is -2.12. The summed E-state index contributed by atoms with van der Waals surface area (Å²) in [7, 11) is 0. The van der Waals surface area contributed by atoms with Crippen molar-refractivity contribution in [3.05, 3.63) is 40.4 Å². The average molecular weight is 367 g/mol. The van der Waals surface area contributed by atoms with Crippen molar-refractivity contribution in [3.8, 4) is 0 Å². The lowest BCUT2D eigenvalue weighted by atomic mass is 10.1. The summed E-state index contributed by atoms with van der Waals surface area (Å²) >= 11 is 7.06. The third-order valence-corrected chi connectivity index (χ3v) is 3.79. The highest BCUT2D eigenvalue weighted by Gasteiger charge is 2.15. The molecule has 0 fully saturated rings. The molecular formula is C16H19ClN4O2S. The molecule has 0 saturated heterocycles. The van der Waals surface area contributed by atoms with Crippen LogP contribution in [0.3, 0.4) is 0 Å². The largest absolute Gasteiger partial charge is 0.351 e. The lowest BCUT2D eigenvalue weighted by molar-refractivity contribution is -0.121. The van der Waals surface area contributed by atoms with Gasteiger partial charge in [0, 0.05) is 21.6 Å². The minimum Gasteiger partial charge on any atom is -0.351 e. The molecule has 0 unspecified atom stereocenters. The number of halogens is 1. The van der Waals surface area contributed by atoms with Crippen molar-refractivity contribution in [3.63, 3.8) is 0 Å². The number of hydrogen-bond acceptors (Lipinski definition) is 4. The fraction of sp³-hybridized carbons (Fsp3) is 0.312. The highest BCUT2D eigenvalue weighted by molar-refractivity contribution is 7.14. The van der Waals surface area contributed by atoms with Crippen LogP contribution in [0.2, 0.25) is 5.02 Å². The third kappa shape index (κ3) is 6.17. The van der Waals surface area contributed by atoms with Gasteiger partial charge in [-0.05, 0) is 45.0 Å². The number of nitrogens with zero attached hydrogens (tertiary/aromatic N) is 1. The van der Waals surface area contributed by atoms with Crippen LogP contribution in [0.15, 0.2) is 29.6 Å². The fourth-order valence-electron chi connectivity index (χ4n) is 1.87. The summed E-state index contributed by atoms with van der Waals surface area (Å²) in [6.07, 6.45) is 0.175. The topological polar surface area (TPSA) is 83.1 Å². The quantitative estimate of drug-likeness (QED) is 0.767. The SMILES string of the molecule is CC(C)(C)NC(=O)Cc1csc(NC(=O)Nc2ccc(Cl)cc2)n1. The Kier molecular flexibility index (Phi) is 5.80. The summed E-state index contributed by atoms with van der Waals surface area (Å²) in [4.78, 5) is 28.0. The van der Waals surface area contributed by atoms with Crippen LogP contribution in [-0.2, 0) is 11.2 Å². The lowest BCUT2D eigenvalue weighted by Crippen LogP contribution is -2.41. The molecule has 0 spiro atoms. The van der Waals surface area contributed by atoms with E-state index in [0.29, 0.717) is 21.5 Å². The van der Waals surface area contributed by atoms with E-state index in [9.17, 15) is 9.59 Å². The van der Waals surface area contributed by atoms with Crippen LogP contribution < -0.4 is 16.0 Å². The van der Waals surface area contributed by atoms with Gasteiger partial charge < -0.3 is 10.6 Å². The molecule has 1 aromatic carbocycles. The molecule has 1 heterocycles. The van der Waals surface area contributed by atoms with Crippen molar-refractivity contribution in [1.29, 1.82) is 0 Å². The molecule has 0 radical (unpaired) electrons. The predicted octanol–water partition coefficient (Wildman–Crippen LogP) is 3.90. The van der Waals surface area contributed by atoms with Crippen molar-refractivity contribution < 1.29 is 9.59 Å². The summed E-state index contributed by atoms with van der Waals surface area (Å²) in [6.45, 7) is 5.75. The second-order valence-corrected chi connectivity index (χ2v) is 7.50. The Morgan fingerprint density at radius 1 is 1.17 bits per heavy atom. The number of aromatic nitrogens is 1. The summed E-state index contributed by atoms with van der Waals surface area (Å²) in [5, 5.41) is 11.0. The Morgan fingerprint density at radius 2 is 1.83 bits per heavy atom. The number of anilines is 2. The van der Waals surface area contributed by atoms with Gasteiger partial charge >= 0.3 is 6.03 Å². The first-order valence-corrected chi connectivity index (χ1v) is 8.56. The second-order valence-electron chi connectivity index (χ2n) is 6.20. The second kappa shape index (κ2) is 7.63. The zero-order valence-corrected chi connectivity index (χ0v) is 15.2. The molecule has 2 aromatic rings. The van der Waals surface area contributed by atoms with Crippen LogP contribution in [0.5, 0.6) is 0 Å². The summed E-state index contributed by atoms with van der Waals surface area (Å²) < 4.78 is 0. The van der Waals surface area contributed by atoms with Crippen molar-refractivity contribution in [2.75, 3.05) is 10.6 Å². The Balaban J connectivity index is 1.87. The minimum atomic E-state index is -0.405. The molecule has 3 amide bonds. The van der Waals surface area contributed by atoms with Gasteiger partial charge in [-0.2, -0.15) is 0 Å². The Morgan fingerprint density at radius 3 is 2.46 bits per heavy atom. The molecule has 0 aliphatic rings.